The zero-order chi connectivity index (χ0) is 19.8. The van der Waals surface area contributed by atoms with Crippen LogP contribution in [0.15, 0.2) is 48.5 Å². The fraction of sp³-hybridized carbons (Fsp3) is 0.250. The zero-order valence-corrected chi connectivity index (χ0v) is 16.6. The molecule has 0 radical (unpaired) electrons. The first-order valence-corrected chi connectivity index (χ1v) is 10.4. The van der Waals surface area contributed by atoms with Gasteiger partial charge in [-0.1, -0.05) is 39.0 Å². The predicted molar refractivity (Wildman–Crippen MR) is 110 cm³/mol. The standard InChI is InChI=1S/C20H23N3O3S/c1-20(2,3)15-8-5-13(6-9-15)19(24)22-18-11-14-7-10-16(12-17(14)21-18)23-27(4,25)26/h5-12,21,23H,1-4H3,(H,22,24). The molecule has 0 saturated heterocycles. The van der Waals surface area contributed by atoms with E-state index in [-0.39, 0.29) is 11.3 Å². The first-order valence-electron chi connectivity index (χ1n) is 8.54. The van der Waals surface area contributed by atoms with Crippen LogP contribution in [-0.2, 0) is 15.4 Å². The number of carbonyl (C=O) groups excluding carboxylic acids is 1. The lowest BCUT2D eigenvalue weighted by molar-refractivity contribution is 0.102. The molecule has 0 bridgehead atoms. The van der Waals surface area contributed by atoms with Gasteiger partial charge in [-0.3, -0.25) is 9.52 Å². The van der Waals surface area contributed by atoms with E-state index in [1.807, 2.05) is 24.3 Å². The first kappa shape index (κ1) is 19.0. The summed E-state index contributed by atoms with van der Waals surface area (Å²) in [5, 5.41) is 3.71. The van der Waals surface area contributed by atoms with Crippen molar-refractivity contribution in [2.75, 3.05) is 16.3 Å². The molecule has 1 amide bonds. The number of H-pyrrole nitrogens is 1. The lowest BCUT2D eigenvalue weighted by Gasteiger charge is -2.19. The zero-order valence-electron chi connectivity index (χ0n) is 15.8. The van der Waals surface area contributed by atoms with Crippen molar-refractivity contribution in [2.24, 2.45) is 0 Å². The Labute approximate surface area is 159 Å². The van der Waals surface area contributed by atoms with Crippen molar-refractivity contribution in [3.8, 4) is 0 Å². The number of nitrogens with one attached hydrogen (secondary N) is 3. The van der Waals surface area contributed by atoms with E-state index in [1.165, 1.54) is 0 Å². The highest BCUT2D eigenvalue weighted by Gasteiger charge is 2.15. The van der Waals surface area contributed by atoms with Crippen LogP contribution >= 0.6 is 0 Å². The van der Waals surface area contributed by atoms with Crippen LogP contribution in [0.5, 0.6) is 0 Å². The maximum atomic E-state index is 12.5. The van der Waals surface area contributed by atoms with Crippen molar-refractivity contribution in [3.63, 3.8) is 0 Å². The number of hydrogen-bond acceptors (Lipinski definition) is 3. The molecule has 0 aliphatic rings. The number of anilines is 2. The Kier molecular flexibility index (Phi) is 4.73. The quantitative estimate of drug-likeness (QED) is 0.632. The van der Waals surface area contributed by atoms with E-state index >= 15 is 0 Å². The number of benzene rings is 2. The van der Waals surface area contributed by atoms with Crippen LogP contribution in [0.3, 0.4) is 0 Å². The molecule has 1 heterocycles. The number of aromatic amines is 1. The highest BCUT2D eigenvalue weighted by Crippen LogP contribution is 2.24. The molecule has 2 aromatic carbocycles. The van der Waals surface area contributed by atoms with Crippen LogP contribution in [0.1, 0.15) is 36.7 Å². The molecule has 1 aromatic heterocycles. The van der Waals surface area contributed by atoms with Crippen LogP contribution in [0.4, 0.5) is 11.5 Å². The molecule has 3 aromatic rings. The Hall–Kier alpha value is -2.80. The summed E-state index contributed by atoms with van der Waals surface area (Å²) in [5.41, 5.74) is 2.95. The van der Waals surface area contributed by atoms with E-state index in [2.05, 4.69) is 35.8 Å². The van der Waals surface area contributed by atoms with E-state index in [9.17, 15) is 13.2 Å². The van der Waals surface area contributed by atoms with Gasteiger partial charge in [0, 0.05) is 16.5 Å². The van der Waals surface area contributed by atoms with Crippen molar-refractivity contribution < 1.29 is 13.2 Å². The second-order valence-corrected chi connectivity index (χ2v) is 9.39. The molecule has 0 saturated carbocycles. The van der Waals surface area contributed by atoms with Gasteiger partial charge in [0.2, 0.25) is 10.0 Å². The number of carbonyl (C=O) groups is 1. The fourth-order valence-corrected chi connectivity index (χ4v) is 3.34. The number of rotatable bonds is 4. The van der Waals surface area contributed by atoms with Crippen molar-refractivity contribution in [2.45, 2.75) is 26.2 Å². The molecule has 142 valence electrons. The Morgan fingerprint density at radius 1 is 1.00 bits per heavy atom. The molecule has 0 unspecified atom stereocenters. The van der Waals surface area contributed by atoms with Gasteiger partial charge in [0.15, 0.2) is 0 Å². The van der Waals surface area contributed by atoms with Gasteiger partial charge in [0.05, 0.1) is 11.9 Å². The van der Waals surface area contributed by atoms with Gasteiger partial charge in [0.25, 0.3) is 5.91 Å². The predicted octanol–water partition coefficient (Wildman–Crippen LogP) is 4.09. The van der Waals surface area contributed by atoms with Gasteiger partial charge in [-0.15, -0.1) is 0 Å². The molecule has 0 aliphatic carbocycles. The lowest BCUT2D eigenvalue weighted by Crippen LogP contribution is -2.14. The number of fused-ring (bicyclic) bond motifs is 1. The summed E-state index contributed by atoms with van der Waals surface area (Å²) < 4.78 is 25.1. The largest absolute Gasteiger partial charge is 0.341 e. The number of sulfonamides is 1. The van der Waals surface area contributed by atoms with Gasteiger partial charge in [-0.25, -0.2) is 8.42 Å². The summed E-state index contributed by atoms with van der Waals surface area (Å²) in [6.07, 6.45) is 1.10. The van der Waals surface area contributed by atoms with E-state index in [1.54, 1.807) is 24.3 Å². The maximum absolute atomic E-state index is 12.5. The topological polar surface area (TPSA) is 91.1 Å². The summed E-state index contributed by atoms with van der Waals surface area (Å²) in [4.78, 5) is 15.6. The maximum Gasteiger partial charge on any atom is 0.256 e. The summed E-state index contributed by atoms with van der Waals surface area (Å²) in [7, 11) is -3.34. The fourth-order valence-electron chi connectivity index (χ4n) is 2.79. The Bertz CT molecular complexity index is 1090. The van der Waals surface area contributed by atoms with Crippen LogP contribution in [-0.4, -0.2) is 25.6 Å². The van der Waals surface area contributed by atoms with Crippen molar-refractivity contribution in [3.05, 3.63) is 59.7 Å². The molecule has 3 rings (SSSR count). The number of amides is 1. The highest BCUT2D eigenvalue weighted by molar-refractivity contribution is 7.92. The van der Waals surface area contributed by atoms with Crippen LogP contribution < -0.4 is 10.0 Å². The molecule has 0 atom stereocenters. The summed E-state index contributed by atoms with van der Waals surface area (Å²) in [5.74, 6) is 0.336. The average Bonchev–Trinajstić information content (AvgIpc) is 2.94. The minimum Gasteiger partial charge on any atom is -0.341 e. The van der Waals surface area contributed by atoms with E-state index < -0.39 is 10.0 Å². The van der Waals surface area contributed by atoms with Crippen LogP contribution in [0, 0.1) is 0 Å². The van der Waals surface area contributed by atoms with E-state index in [0.717, 1.165) is 22.7 Å². The van der Waals surface area contributed by atoms with E-state index in [0.29, 0.717) is 17.1 Å². The van der Waals surface area contributed by atoms with Crippen LogP contribution in [0.25, 0.3) is 10.9 Å². The molecular formula is C20H23N3O3S. The van der Waals surface area contributed by atoms with Crippen molar-refractivity contribution in [1.82, 2.24) is 4.98 Å². The Balaban J connectivity index is 1.78. The lowest BCUT2D eigenvalue weighted by atomic mass is 9.87. The summed E-state index contributed by atoms with van der Waals surface area (Å²) >= 11 is 0. The Morgan fingerprint density at radius 2 is 1.67 bits per heavy atom. The van der Waals surface area contributed by atoms with Gasteiger partial charge >= 0.3 is 0 Å². The molecular weight excluding hydrogens is 362 g/mol. The summed E-state index contributed by atoms with van der Waals surface area (Å²) in [6.45, 7) is 6.37. The van der Waals surface area contributed by atoms with Gasteiger partial charge in [0.1, 0.15) is 5.82 Å². The third kappa shape index (κ3) is 4.68. The van der Waals surface area contributed by atoms with Crippen molar-refractivity contribution in [1.29, 1.82) is 0 Å². The van der Waals surface area contributed by atoms with Gasteiger partial charge < -0.3 is 10.3 Å². The van der Waals surface area contributed by atoms with E-state index in [4.69, 9.17) is 0 Å². The molecule has 0 aliphatic heterocycles. The molecule has 0 spiro atoms. The molecule has 3 N–H and O–H groups in total. The van der Waals surface area contributed by atoms with Gasteiger partial charge in [-0.05, 0) is 41.3 Å². The monoisotopic (exact) mass is 385 g/mol. The highest BCUT2D eigenvalue weighted by atomic mass is 32.2. The molecule has 6 nitrogen and oxygen atoms in total. The van der Waals surface area contributed by atoms with Crippen molar-refractivity contribution >= 4 is 38.3 Å². The molecule has 0 fully saturated rings. The second-order valence-electron chi connectivity index (χ2n) is 7.64. The SMILES string of the molecule is CC(C)(C)c1ccc(C(=O)Nc2cc3ccc(NS(C)(=O)=O)cc3[nH]2)cc1. The number of hydrogen-bond donors (Lipinski definition) is 3. The molecule has 27 heavy (non-hydrogen) atoms. The normalized spacial score (nSPS) is 12.1. The summed E-state index contributed by atoms with van der Waals surface area (Å²) in [6, 6.07) is 14.5. The second kappa shape index (κ2) is 6.74. The van der Waals surface area contributed by atoms with Gasteiger partial charge in [-0.2, -0.15) is 0 Å². The minimum absolute atomic E-state index is 0.0316. The first-order chi connectivity index (χ1) is 12.5. The number of aromatic nitrogens is 1. The smallest absolute Gasteiger partial charge is 0.256 e. The molecule has 7 heteroatoms. The Morgan fingerprint density at radius 3 is 2.26 bits per heavy atom. The van der Waals surface area contributed by atoms with Crippen LogP contribution in [0.2, 0.25) is 0 Å². The average molecular weight is 385 g/mol. The minimum atomic E-state index is -3.34. The third-order valence-corrected chi connectivity index (χ3v) is 4.79. The third-order valence-electron chi connectivity index (χ3n) is 4.19.